The van der Waals surface area contributed by atoms with Gasteiger partial charge >= 0.3 is 0 Å². The molecular formula is C5H9I. The van der Waals surface area contributed by atoms with Crippen molar-refractivity contribution in [2.75, 3.05) is 0 Å². The molecule has 0 aliphatic heterocycles. The summed E-state index contributed by atoms with van der Waals surface area (Å²) in [6, 6.07) is 0. The van der Waals surface area contributed by atoms with Crippen LogP contribution in [0.1, 0.15) is 19.8 Å². The molecule has 0 saturated heterocycles. The Kier molecular flexibility index (Phi) is 1.37. The SMILES string of the molecule is C[C@@H]1CC[C@@H]1I. The molecule has 0 aromatic rings. The Morgan fingerprint density at radius 3 is 2.00 bits per heavy atom. The van der Waals surface area contributed by atoms with E-state index in [1.165, 1.54) is 12.8 Å². The van der Waals surface area contributed by atoms with Gasteiger partial charge in [-0.25, -0.2) is 0 Å². The Bertz CT molecular complexity index is 43.9. The Morgan fingerprint density at radius 2 is 2.00 bits per heavy atom. The molecule has 36 valence electrons. The number of alkyl halides is 1. The summed E-state index contributed by atoms with van der Waals surface area (Å²) in [5.74, 6) is 1.02. The van der Waals surface area contributed by atoms with Crippen molar-refractivity contribution in [2.24, 2.45) is 5.92 Å². The van der Waals surface area contributed by atoms with Gasteiger partial charge in [-0.05, 0) is 18.8 Å². The molecule has 0 heterocycles. The van der Waals surface area contributed by atoms with Crippen LogP contribution < -0.4 is 0 Å². The molecule has 1 heteroatoms. The van der Waals surface area contributed by atoms with Crippen LogP contribution in [0, 0.1) is 5.92 Å². The number of hydrogen-bond acceptors (Lipinski definition) is 0. The maximum atomic E-state index is 2.52. The summed E-state index contributed by atoms with van der Waals surface area (Å²) in [6.45, 7) is 2.32. The molecule has 0 radical (unpaired) electrons. The molecule has 1 saturated carbocycles. The van der Waals surface area contributed by atoms with Gasteiger partial charge in [0.2, 0.25) is 0 Å². The summed E-state index contributed by atoms with van der Waals surface area (Å²) in [5, 5.41) is 0. The van der Waals surface area contributed by atoms with Gasteiger partial charge in [0, 0.05) is 3.92 Å². The molecule has 0 N–H and O–H groups in total. The summed E-state index contributed by atoms with van der Waals surface area (Å²) in [5.41, 5.74) is 0. The van der Waals surface area contributed by atoms with Crippen LogP contribution in [0.2, 0.25) is 0 Å². The van der Waals surface area contributed by atoms with E-state index in [0.29, 0.717) is 0 Å². The standard InChI is InChI=1S/C5H9I/c1-4-2-3-5(4)6/h4-5H,2-3H2,1H3/t4-,5+/m1/s1. The molecule has 1 rings (SSSR count). The predicted molar refractivity (Wildman–Crippen MR) is 36.2 cm³/mol. The van der Waals surface area contributed by atoms with E-state index in [2.05, 4.69) is 29.5 Å². The third-order valence-electron chi connectivity index (χ3n) is 1.52. The average Bonchev–Trinajstić information content (AvgIpc) is 1.61. The lowest BCUT2D eigenvalue weighted by Gasteiger charge is -2.27. The van der Waals surface area contributed by atoms with Gasteiger partial charge in [-0.15, -0.1) is 0 Å². The summed E-state index contributed by atoms with van der Waals surface area (Å²) in [4.78, 5) is 0. The number of hydrogen-bond donors (Lipinski definition) is 0. The third kappa shape index (κ3) is 0.695. The minimum atomic E-state index is 1.00. The summed E-state index contributed by atoms with van der Waals surface area (Å²) in [7, 11) is 0. The van der Waals surface area contributed by atoms with Crippen molar-refractivity contribution in [2.45, 2.75) is 23.7 Å². The van der Waals surface area contributed by atoms with E-state index in [9.17, 15) is 0 Å². The monoisotopic (exact) mass is 196 g/mol. The number of halogens is 1. The lowest BCUT2D eigenvalue weighted by molar-refractivity contribution is 0.378. The summed E-state index contributed by atoms with van der Waals surface area (Å²) in [6.07, 6.45) is 2.93. The van der Waals surface area contributed by atoms with E-state index in [0.717, 1.165) is 9.84 Å². The van der Waals surface area contributed by atoms with Crippen molar-refractivity contribution in [3.63, 3.8) is 0 Å². The zero-order chi connectivity index (χ0) is 4.57. The van der Waals surface area contributed by atoms with Gasteiger partial charge in [-0.2, -0.15) is 0 Å². The molecule has 0 amide bonds. The van der Waals surface area contributed by atoms with Gasteiger partial charge in [-0.3, -0.25) is 0 Å². The van der Waals surface area contributed by atoms with Crippen LogP contribution in [0.15, 0.2) is 0 Å². The van der Waals surface area contributed by atoms with Crippen LogP contribution in [-0.4, -0.2) is 3.92 Å². The Hall–Kier alpha value is 0.730. The molecule has 0 unspecified atom stereocenters. The van der Waals surface area contributed by atoms with Crippen molar-refractivity contribution in [1.29, 1.82) is 0 Å². The van der Waals surface area contributed by atoms with Crippen LogP contribution >= 0.6 is 22.6 Å². The fraction of sp³-hybridized carbons (Fsp3) is 1.00. The van der Waals surface area contributed by atoms with Crippen molar-refractivity contribution in [1.82, 2.24) is 0 Å². The highest BCUT2D eigenvalue weighted by molar-refractivity contribution is 14.1. The lowest BCUT2D eigenvalue weighted by Crippen LogP contribution is -2.21. The first-order valence-corrected chi connectivity index (χ1v) is 3.69. The second-order valence-electron chi connectivity index (χ2n) is 2.07. The summed E-state index contributed by atoms with van der Waals surface area (Å²) >= 11 is 2.52. The zero-order valence-corrected chi connectivity index (χ0v) is 6.10. The molecule has 2 atom stereocenters. The zero-order valence-electron chi connectivity index (χ0n) is 3.95. The molecule has 1 aliphatic carbocycles. The first-order valence-electron chi connectivity index (χ1n) is 2.45. The van der Waals surface area contributed by atoms with Crippen LogP contribution in [0.5, 0.6) is 0 Å². The van der Waals surface area contributed by atoms with E-state index in [4.69, 9.17) is 0 Å². The topological polar surface area (TPSA) is 0 Å². The van der Waals surface area contributed by atoms with Crippen molar-refractivity contribution in [3.05, 3.63) is 0 Å². The molecule has 0 nitrogen and oxygen atoms in total. The molecule has 0 aromatic heterocycles. The first kappa shape index (κ1) is 4.88. The van der Waals surface area contributed by atoms with Crippen molar-refractivity contribution < 1.29 is 0 Å². The molecule has 1 aliphatic rings. The van der Waals surface area contributed by atoms with Crippen LogP contribution in [0.3, 0.4) is 0 Å². The van der Waals surface area contributed by atoms with Gasteiger partial charge in [-0.1, -0.05) is 29.5 Å². The fourth-order valence-electron chi connectivity index (χ4n) is 0.626. The van der Waals surface area contributed by atoms with E-state index >= 15 is 0 Å². The normalized spacial score (nSPS) is 45.0. The van der Waals surface area contributed by atoms with E-state index < -0.39 is 0 Å². The predicted octanol–water partition coefficient (Wildman–Crippen LogP) is 2.22. The van der Waals surface area contributed by atoms with E-state index in [1.54, 1.807) is 0 Å². The summed E-state index contributed by atoms with van der Waals surface area (Å²) < 4.78 is 1.00. The van der Waals surface area contributed by atoms with Gasteiger partial charge in [0.15, 0.2) is 0 Å². The van der Waals surface area contributed by atoms with Gasteiger partial charge in [0.05, 0.1) is 0 Å². The smallest absolute Gasteiger partial charge is 0.0135 e. The Morgan fingerprint density at radius 1 is 1.50 bits per heavy atom. The fourth-order valence-corrected chi connectivity index (χ4v) is 1.35. The molecular weight excluding hydrogens is 187 g/mol. The second kappa shape index (κ2) is 1.68. The van der Waals surface area contributed by atoms with Crippen LogP contribution in [0.25, 0.3) is 0 Å². The quantitative estimate of drug-likeness (QED) is 0.411. The molecule has 0 spiro atoms. The molecule has 0 bridgehead atoms. The van der Waals surface area contributed by atoms with Gasteiger partial charge in [0.1, 0.15) is 0 Å². The highest BCUT2D eigenvalue weighted by atomic mass is 127. The van der Waals surface area contributed by atoms with Crippen LogP contribution in [-0.2, 0) is 0 Å². The van der Waals surface area contributed by atoms with Gasteiger partial charge in [0.25, 0.3) is 0 Å². The Labute approximate surface area is 52.5 Å². The van der Waals surface area contributed by atoms with Crippen molar-refractivity contribution in [3.8, 4) is 0 Å². The maximum Gasteiger partial charge on any atom is 0.0135 e. The van der Waals surface area contributed by atoms with Gasteiger partial charge < -0.3 is 0 Å². The Balaban J connectivity index is 2.20. The van der Waals surface area contributed by atoms with Crippen LogP contribution in [0.4, 0.5) is 0 Å². The second-order valence-corrected chi connectivity index (χ2v) is 3.67. The highest BCUT2D eigenvalue weighted by Gasteiger charge is 2.22. The minimum Gasteiger partial charge on any atom is -0.0823 e. The number of rotatable bonds is 0. The molecule has 6 heavy (non-hydrogen) atoms. The third-order valence-corrected chi connectivity index (χ3v) is 3.37. The minimum absolute atomic E-state index is 1.00. The largest absolute Gasteiger partial charge is 0.0823 e. The highest BCUT2D eigenvalue weighted by Crippen LogP contribution is 2.33. The molecule has 0 aromatic carbocycles. The first-order chi connectivity index (χ1) is 2.80. The van der Waals surface area contributed by atoms with E-state index in [-0.39, 0.29) is 0 Å². The lowest BCUT2D eigenvalue weighted by atomic mass is 9.87. The average molecular weight is 196 g/mol. The maximum absolute atomic E-state index is 2.52. The van der Waals surface area contributed by atoms with Crippen molar-refractivity contribution >= 4 is 22.6 Å². The van der Waals surface area contributed by atoms with E-state index in [1.807, 2.05) is 0 Å². The molecule has 1 fully saturated rings.